The summed E-state index contributed by atoms with van der Waals surface area (Å²) in [5.74, 6) is 0.632. The Morgan fingerprint density at radius 2 is 2.29 bits per heavy atom. The Bertz CT molecular complexity index is 353. The highest BCUT2D eigenvalue weighted by atomic mass is 16.5. The smallest absolute Gasteiger partial charge is 0.318 e. The molecule has 1 fully saturated rings. The van der Waals surface area contributed by atoms with E-state index >= 15 is 0 Å². The van der Waals surface area contributed by atoms with Gasteiger partial charge in [0.05, 0.1) is 25.8 Å². The summed E-state index contributed by atoms with van der Waals surface area (Å²) in [6, 6.07) is 1.30. The van der Waals surface area contributed by atoms with Gasteiger partial charge in [0.1, 0.15) is 0 Å². The van der Waals surface area contributed by atoms with Gasteiger partial charge in [-0.2, -0.15) is 0 Å². The van der Waals surface area contributed by atoms with Crippen LogP contribution in [0.2, 0.25) is 0 Å². The molecule has 6 heteroatoms. The van der Waals surface area contributed by atoms with Gasteiger partial charge in [-0.3, -0.25) is 0 Å². The third kappa shape index (κ3) is 3.17. The molecule has 1 aliphatic rings. The Kier molecular flexibility index (Phi) is 3.96. The summed E-state index contributed by atoms with van der Waals surface area (Å²) in [4.78, 5) is 2.09. The standard InChI is InChI=1S/C11H20N4O2/c1-8(2)12-6-10-13-14-11(17-10)15-4-5-16-7-9(15)3/h8-9,12H,4-7H2,1-3H3. The average molecular weight is 240 g/mol. The predicted octanol–water partition coefficient (Wildman–Crippen LogP) is 0.793. The number of nitrogens with zero attached hydrogens (tertiary/aromatic N) is 3. The molecule has 0 aromatic carbocycles. The number of nitrogens with one attached hydrogen (secondary N) is 1. The first kappa shape index (κ1) is 12.3. The minimum atomic E-state index is 0.287. The van der Waals surface area contributed by atoms with Crippen molar-refractivity contribution < 1.29 is 9.15 Å². The Morgan fingerprint density at radius 1 is 1.47 bits per heavy atom. The fraction of sp³-hybridized carbons (Fsp3) is 0.818. The zero-order valence-corrected chi connectivity index (χ0v) is 10.6. The zero-order chi connectivity index (χ0) is 12.3. The van der Waals surface area contributed by atoms with E-state index in [1.54, 1.807) is 0 Å². The van der Waals surface area contributed by atoms with Gasteiger partial charge in [-0.15, -0.1) is 5.10 Å². The van der Waals surface area contributed by atoms with Crippen LogP contribution in [0.5, 0.6) is 0 Å². The Balaban J connectivity index is 1.97. The first-order valence-electron chi connectivity index (χ1n) is 6.07. The van der Waals surface area contributed by atoms with Gasteiger partial charge < -0.3 is 19.4 Å². The minimum Gasteiger partial charge on any atom is -0.407 e. The SMILES string of the molecule is CC(C)NCc1nnc(N2CCOCC2C)o1. The third-order valence-electron chi connectivity index (χ3n) is 2.73. The van der Waals surface area contributed by atoms with E-state index in [4.69, 9.17) is 9.15 Å². The summed E-state index contributed by atoms with van der Waals surface area (Å²) in [6.45, 7) is 9.11. The van der Waals surface area contributed by atoms with Gasteiger partial charge in [0, 0.05) is 12.6 Å². The molecule has 0 bridgehead atoms. The van der Waals surface area contributed by atoms with E-state index in [-0.39, 0.29) is 6.04 Å². The van der Waals surface area contributed by atoms with E-state index in [1.165, 1.54) is 0 Å². The molecule has 17 heavy (non-hydrogen) atoms. The van der Waals surface area contributed by atoms with E-state index in [2.05, 4.69) is 41.2 Å². The molecular weight excluding hydrogens is 220 g/mol. The van der Waals surface area contributed by atoms with Gasteiger partial charge in [0.2, 0.25) is 5.89 Å². The first-order chi connectivity index (χ1) is 8.16. The number of hydrogen-bond donors (Lipinski definition) is 1. The second-order valence-electron chi connectivity index (χ2n) is 4.63. The summed E-state index contributed by atoms with van der Waals surface area (Å²) in [6.07, 6.45) is 0. The molecule has 1 aliphatic heterocycles. The quantitative estimate of drug-likeness (QED) is 0.839. The molecule has 0 saturated carbocycles. The molecule has 2 heterocycles. The molecule has 96 valence electrons. The average Bonchev–Trinajstić information content (AvgIpc) is 2.75. The summed E-state index contributed by atoms with van der Waals surface area (Å²) in [7, 11) is 0. The van der Waals surface area contributed by atoms with E-state index in [0.717, 1.165) is 6.54 Å². The Labute approximate surface area is 101 Å². The lowest BCUT2D eigenvalue weighted by molar-refractivity contribution is 0.0959. The molecule has 1 unspecified atom stereocenters. The second kappa shape index (κ2) is 5.46. The zero-order valence-electron chi connectivity index (χ0n) is 10.6. The van der Waals surface area contributed by atoms with Crippen molar-refractivity contribution in [3.8, 4) is 0 Å². The number of ether oxygens (including phenoxy) is 1. The number of aromatic nitrogens is 2. The lowest BCUT2D eigenvalue weighted by Crippen LogP contribution is -2.43. The second-order valence-corrected chi connectivity index (χ2v) is 4.63. The lowest BCUT2D eigenvalue weighted by Gasteiger charge is -2.31. The molecule has 1 saturated heterocycles. The van der Waals surface area contributed by atoms with Crippen LogP contribution in [-0.2, 0) is 11.3 Å². The molecule has 0 radical (unpaired) electrons. The number of hydrogen-bond acceptors (Lipinski definition) is 6. The largest absolute Gasteiger partial charge is 0.407 e. The number of rotatable bonds is 4. The first-order valence-corrected chi connectivity index (χ1v) is 6.07. The maximum absolute atomic E-state index is 5.63. The summed E-state index contributed by atoms with van der Waals surface area (Å²) >= 11 is 0. The summed E-state index contributed by atoms with van der Waals surface area (Å²) < 4.78 is 11.0. The van der Waals surface area contributed by atoms with Crippen molar-refractivity contribution in [1.82, 2.24) is 15.5 Å². The van der Waals surface area contributed by atoms with Crippen LogP contribution in [0.1, 0.15) is 26.7 Å². The number of morpholine rings is 1. The molecule has 0 amide bonds. The van der Waals surface area contributed by atoms with Gasteiger partial charge >= 0.3 is 6.01 Å². The number of anilines is 1. The van der Waals surface area contributed by atoms with Crippen molar-refractivity contribution in [2.45, 2.75) is 39.4 Å². The van der Waals surface area contributed by atoms with Crippen LogP contribution < -0.4 is 10.2 Å². The summed E-state index contributed by atoms with van der Waals surface area (Å²) in [5.41, 5.74) is 0. The van der Waals surface area contributed by atoms with Gasteiger partial charge in [0.25, 0.3) is 0 Å². The maximum atomic E-state index is 5.63. The molecule has 1 atom stereocenters. The minimum absolute atomic E-state index is 0.287. The Hall–Kier alpha value is -1.14. The topological polar surface area (TPSA) is 63.4 Å². The molecule has 6 nitrogen and oxygen atoms in total. The Morgan fingerprint density at radius 3 is 3.00 bits per heavy atom. The van der Waals surface area contributed by atoms with Crippen molar-refractivity contribution in [3.63, 3.8) is 0 Å². The highest BCUT2D eigenvalue weighted by Crippen LogP contribution is 2.17. The van der Waals surface area contributed by atoms with Crippen molar-refractivity contribution in [1.29, 1.82) is 0 Å². The van der Waals surface area contributed by atoms with E-state index < -0.39 is 0 Å². The van der Waals surface area contributed by atoms with Crippen molar-refractivity contribution in [2.75, 3.05) is 24.7 Å². The van der Waals surface area contributed by atoms with Crippen LogP contribution in [0.25, 0.3) is 0 Å². The van der Waals surface area contributed by atoms with Crippen LogP contribution in [0.3, 0.4) is 0 Å². The molecular formula is C11H20N4O2. The van der Waals surface area contributed by atoms with Crippen LogP contribution >= 0.6 is 0 Å². The van der Waals surface area contributed by atoms with Gasteiger partial charge in [-0.05, 0) is 6.92 Å². The van der Waals surface area contributed by atoms with Crippen LogP contribution in [0.15, 0.2) is 4.42 Å². The van der Waals surface area contributed by atoms with Crippen molar-refractivity contribution >= 4 is 6.01 Å². The van der Waals surface area contributed by atoms with E-state index in [9.17, 15) is 0 Å². The van der Waals surface area contributed by atoms with Gasteiger partial charge in [0.15, 0.2) is 0 Å². The van der Waals surface area contributed by atoms with Gasteiger partial charge in [-0.1, -0.05) is 18.9 Å². The lowest BCUT2D eigenvalue weighted by atomic mass is 10.3. The van der Waals surface area contributed by atoms with Crippen molar-refractivity contribution in [2.24, 2.45) is 0 Å². The predicted molar refractivity (Wildman–Crippen MR) is 63.9 cm³/mol. The normalized spacial score (nSPS) is 21.2. The fourth-order valence-corrected chi connectivity index (χ4v) is 1.74. The van der Waals surface area contributed by atoms with E-state index in [1.807, 2.05) is 0 Å². The third-order valence-corrected chi connectivity index (χ3v) is 2.73. The maximum Gasteiger partial charge on any atom is 0.318 e. The molecule has 0 spiro atoms. The highest BCUT2D eigenvalue weighted by Gasteiger charge is 2.23. The van der Waals surface area contributed by atoms with Crippen LogP contribution in [0.4, 0.5) is 6.01 Å². The van der Waals surface area contributed by atoms with Gasteiger partial charge in [-0.25, -0.2) is 0 Å². The van der Waals surface area contributed by atoms with Crippen LogP contribution in [-0.4, -0.2) is 42.0 Å². The fourth-order valence-electron chi connectivity index (χ4n) is 1.74. The molecule has 1 aromatic heterocycles. The molecule has 1 N–H and O–H groups in total. The summed E-state index contributed by atoms with van der Waals surface area (Å²) in [5, 5.41) is 11.4. The highest BCUT2D eigenvalue weighted by molar-refractivity contribution is 5.26. The monoisotopic (exact) mass is 240 g/mol. The van der Waals surface area contributed by atoms with E-state index in [0.29, 0.717) is 37.7 Å². The molecule has 1 aromatic rings. The van der Waals surface area contributed by atoms with Crippen LogP contribution in [0, 0.1) is 0 Å². The van der Waals surface area contributed by atoms with Crippen molar-refractivity contribution in [3.05, 3.63) is 5.89 Å². The molecule has 2 rings (SSSR count). The molecule has 0 aliphatic carbocycles.